The number of carbonyl (C=O) groups excluding carboxylic acids is 14. The van der Waals surface area contributed by atoms with E-state index in [-0.39, 0.29) is 18.8 Å². The van der Waals surface area contributed by atoms with Gasteiger partial charge in [0.2, 0.25) is 0 Å². The molecule has 0 saturated carbocycles. The summed E-state index contributed by atoms with van der Waals surface area (Å²) in [6.45, 7) is 9.00. The van der Waals surface area contributed by atoms with Crippen LogP contribution in [0.3, 0.4) is 0 Å². The van der Waals surface area contributed by atoms with Gasteiger partial charge in [0, 0.05) is 102 Å². The van der Waals surface area contributed by atoms with Gasteiger partial charge in [0.1, 0.15) is 56.4 Å². The van der Waals surface area contributed by atoms with E-state index in [1.54, 1.807) is 0 Å². The fraction of sp³-hybridized carbons (Fsp3) is 0.750. The van der Waals surface area contributed by atoms with Crippen LogP contribution in [0.2, 0.25) is 0 Å². The number of rotatable bonds is 30. The van der Waals surface area contributed by atoms with Crippen LogP contribution >= 0.6 is 11.8 Å². The molecule has 0 radical (unpaired) electrons. The van der Waals surface area contributed by atoms with Crippen molar-refractivity contribution in [2.75, 3.05) is 51.6 Å². The molecule has 4 rings (SSSR count). The molecule has 0 aliphatic carbocycles. The highest BCUT2D eigenvalue weighted by Gasteiger charge is 2.61. The summed E-state index contributed by atoms with van der Waals surface area (Å²) in [4.78, 5) is 179. The van der Waals surface area contributed by atoms with Gasteiger partial charge in [0.15, 0.2) is 86.2 Å². The van der Waals surface area contributed by atoms with Crippen molar-refractivity contribution in [1.29, 1.82) is 0 Å². The van der Waals surface area contributed by atoms with Crippen LogP contribution in [0.1, 0.15) is 96.4 Å². The van der Waals surface area contributed by atoms with Crippen molar-refractivity contribution >= 4 is 95.3 Å². The first-order valence-corrected chi connectivity index (χ1v) is 29.8. The molecule has 0 amide bonds. The summed E-state index contributed by atoms with van der Waals surface area (Å²) < 4.78 is 128. The Morgan fingerprint density at radius 2 is 0.548 bits per heavy atom. The number of methoxy groups -OCH3 is 1. The molecule has 0 aromatic rings. The molecular weight excluding hydrogens is 1280 g/mol. The molecule has 4 fully saturated rings. The minimum Gasteiger partial charge on any atom is -0.469 e. The van der Waals surface area contributed by atoms with Crippen LogP contribution in [-0.4, -0.2) is 258 Å². The average molecular weight is 1360 g/mol. The normalized spacial score (nSPS) is 30.6. The highest BCUT2D eigenvalue weighted by molar-refractivity contribution is 7.99. The molecule has 20 atom stereocenters. The lowest BCUT2D eigenvalue weighted by atomic mass is 9.95. The van der Waals surface area contributed by atoms with Crippen molar-refractivity contribution < 1.29 is 171 Å². The van der Waals surface area contributed by atoms with Crippen molar-refractivity contribution in [1.82, 2.24) is 0 Å². The summed E-state index contributed by atoms with van der Waals surface area (Å²) in [5.41, 5.74) is 0. The maximum Gasteiger partial charge on any atom is 0.306 e. The van der Waals surface area contributed by atoms with Gasteiger partial charge in [0.25, 0.3) is 0 Å². The Hall–Kier alpha value is -7.39. The molecule has 0 aromatic heterocycles. The maximum atomic E-state index is 13.4. The number of esters is 14. The third kappa shape index (κ3) is 25.1. The summed E-state index contributed by atoms with van der Waals surface area (Å²) in [6.07, 6.45) is -37.7. The lowest BCUT2D eigenvalue weighted by Gasteiger charge is -2.50. The van der Waals surface area contributed by atoms with Crippen LogP contribution in [-0.2, 0) is 171 Å². The molecule has 4 heterocycles. The second kappa shape index (κ2) is 37.5. The van der Waals surface area contributed by atoms with Gasteiger partial charge in [-0.15, -0.1) is 0 Å². The monoisotopic (exact) mass is 1360 g/mol. The number of carbonyl (C=O) groups is 14. The SMILES string of the molecule is COC(=O)CCSCCO[C@@H]1O[C@H](COC(C)=O)[C@@H](O[C@H]2O[C@H](COC(C)=O)[C@@H](O[C@H]3O[C@H](CO[C@H]4O[C@H](COC(C)=O)[C@@H](OC(C)=O)[C@H](OC(C)=O)[C@H]4OC(C)=O)[C@@H](OC(C)=O)[C@H](OC(C)=O)[C@H]3OC(C)=O)[C@H](OC(C)=O)[C@H]2OC(C)=O)[C@H](OC(C)=O)[C@H]1OC(C)=O. The molecule has 4 saturated heterocycles. The predicted octanol–water partition coefficient (Wildman–Crippen LogP) is -1.01. The van der Waals surface area contributed by atoms with Crippen LogP contribution in [0.25, 0.3) is 0 Å². The van der Waals surface area contributed by atoms with Crippen molar-refractivity contribution in [2.24, 2.45) is 0 Å². The summed E-state index contributed by atoms with van der Waals surface area (Å²) >= 11 is 1.27. The first-order valence-electron chi connectivity index (χ1n) is 28.6. The van der Waals surface area contributed by atoms with Crippen LogP contribution in [0.5, 0.6) is 0 Å². The molecule has 37 heteroatoms. The first kappa shape index (κ1) is 78.1. The lowest BCUT2D eigenvalue weighted by Crippen LogP contribution is -2.69. The molecule has 4 aliphatic rings. The number of ether oxygens (including phenoxy) is 22. The van der Waals surface area contributed by atoms with E-state index >= 15 is 0 Å². The van der Waals surface area contributed by atoms with E-state index in [1.807, 2.05) is 0 Å². The van der Waals surface area contributed by atoms with E-state index in [1.165, 1.54) is 18.9 Å². The third-order valence-corrected chi connectivity index (χ3v) is 13.9. The number of thioether (sulfide) groups is 1. The molecule has 0 spiro atoms. The Labute approximate surface area is 536 Å². The fourth-order valence-electron chi connectivity index (χ4n) is 9.79. The van der Waals surface area contributed by atoms with Crippen LogP contribution in [0, 0.1) is 0 Å². The van der Waals surface area contributed by atoms with Crippen molar-refractivity contribution in [2.45, 2.75) is 219 Å². The van der Waals surface area contributed by atoms with E-state index in [0.29, 0.717) is 5.75 Å². The Balaban J connectivity index is 1.93. The summed E-state index contributed by atoms with van der Waals surface area (Å²) in [5, 5.41) is 0. The Morgan fingerprint density at radius 3 is 0.860 bits per heavy atom. The van der Waals surface area contributed by atoms with Crippen LogP contribution in [0.15, 0.2) is 0 Å². The summed E-state index contributed by atoms with van der Waals surface area (Å²) in [6, 6.07) is 0. The lowest BCUT2D eigenvalue weighted by molar-refractivity contribution is -0.382. The average Bonchev–Trinajstić information content (AvgIpc) is 0.802. The first-order chi connectivity index (χ1) is 43.7. The number of hydrogen-bond donors (Lipinski definition) is 0. The van der Waals surface area contributed by atoms with Crippen molar-refractivity contribution in [3.05, 3.63) is 0 Å². The zero-order valence-electron chi connectivity index (χ0n) is 53.3. The van der Waals surface area contributed by atoms with E-state index in [0.717, 1.165) is 90.0 Å². The van der Waals surface area contributed by atoms with Crippen LogP contribution in [0.4, 0.5) is 0 Å². The van der Waals surface area contributed by atoms with Gasteiger partial charge in [0.05, 0.1) is 26.7 Å². The second-order valence-corrected chi connectivity index (χ2v) is 21.9. The summed E-state index contributed by atoms with van der Waals surface area (Å²) in [5.74, 6) is -13.2. The predicted molar refractivity (Wildman–Crippen MR) is 296 cm³/mol. The zero-order valence-corrected chi connectivity index (χ0v) is 54.1. The van der Waals surface area contributed by atoms with Gasteiger partial charge in [-0.05, 0) is 0 Å². The minimum atomic E-state index is -2.23. The van der Waals surface area contributed by atoms with Crippen molar-refractivity contribution in [3.63, 3.8) is 0 Å². The Morgan fingerprint density at radius 1 is 0.290 bits per heavy atom. The van der Waals surface area contributed by atoms with Gasteiger partial charge >= 0.3 is 83.6 Å². The standard InChI is InChI=1S/C56H78O36S/c1-23(57)73-19-36-41(77-26(4)60)45(79-28(6)62)50(84-33(11)67)54(88-36)76-22-39-42(78-27(5)61)46(80-29(7)63)51(85-34(12)68)55(90-39)92-44-38(21-75-25(3)59)89-56(52(86-35(13)69)48(44)82-31(9)65)91-43-37(20-74-24(2)58)87-53(72-16-18-93-17-15-40(70)71-14)49(83-32(10)66)47(43)81-30(8)64/h36-39,41-56H,15-22H2,1-14H3/t36-,37-,38-,39-,41-,42-,43-,44-,45+,46+,47+,48+,49-,50-,51-,52-,53-,54+,55-,56-/m1/s1. The highest BCUT2D eigenvalue weighted by Crippen LogP contribution is 2.39. The van der Waals surface area contributed by atoms with E-state index in [2.05, 4.69) is 4.74 Å². The van der Waals surface area contributed by atoms with E-state index in [9.17, 15) is 67.1 Å². The molecule has 524 valence electrons. The molecule has 0 bridgehead atoms. The molecule has 93 heavy (non-hydrogen) atoms. The second-order valence-electron chi connectivity index (χ2n) is 20.7. The molecule has 0 aromatic carbocycles. The molecule has 36 nitrogen and oxygen atoms in total. The van der Waals surface area contributed by atoms with Gasteiger partial charge in [-0.3, -0.25) is 67.1 Å². The van der Waals surface area contributed by atoms with Gasteiger partial charge in [-0.2, -0.15) is 11.8 Å². The molecule has 0 unspecified atom stereocenters. The fourth-order valence-corrected chi connectivity index (χ4v) is 10.5. The molecule has 4 aliphatic heterocycles. The number of hydrogen-bond acceptors (Lipinski definition) is 37. The van der Waals surface area contributed by atoms with E-state index in [4.69, 9.17) is 99.5 Å². The zero-order chi connectivity index (χ0) is 69.6. The van der Waals surface area contributed by atoms with Crippen LogP contribution < -0.4 is 0 Å². The third-order valence-electron chi connectivity index (χ3n) is 12.9. The highest BCUT2D eigenvalue weighted by atomic mass is 32.2. The largest absolute Gasteiger partial charge is 0.469 e. The van der Waals surface area contributed by atoms with Gasteiger partial charge in [-0.1, -0.05) is 0 Å². The quantitative estimate of drug-likeness (QED) is 0.0472. The Bertz CT molecular complexity index is 2650. The van der Waals surface area contributed by atoms with Gasteiger partial charge in [-0.25, -0.2) is 0 Å². The van der Waals surface area contributed by atoms with Gasteiger partial charge < -0.3 is 104 Å². The molecule has 0 N–H and O–H groups in total. The summed E-state index contributed by atoms with van der Waals surface area (Å²) in [7, 11) is 1.23. The minimum absolute atomic E-state index is 0.0563. The van der Waals surface area contributed by atoms with E-state index < -0.39 is 233 Å². The smallest absolute Gasteiger partial charge is 0.306 e. The maximum absolute atomic E-state index is 13.4. The Kier molecular flexibility index (Phi) is 31.5. The molecular formula is C56H78O36S. The topological polar surface area (TPSA) is 442 Å². The van der Waals surface area contributed by atoms with Crippen molar-refractivity contribution in [3.8, 4) is 0 Å².